The van der Waals surface area contributed by atoms with Crippen LogP contribution < -0.4 is 5.73 Å². The Labute approximate surface area is 68.4 Å². The van der Waals surface area contributed by atoms with Crippen molar-refractivity contribution in [3.05, 3.63) is 12.2 Å². The molecule has 0 saturated carbocycles. The first kappa shape index (κ1) is 8.75. The molecule has 2 N–H and O–H groups in total. The zero-order valence-corrected chi connectivity index (χ0v) is 6.96. The van der Waals surface area contributed by atoms with E-state index in [4.69, 9.17) is 10.5 Å². The predicted octanol–water partition coefficient (Wildman–Crippen LogP) is 1.32. The van der Waals surface area contributed by atoms with Gasteiger partial charge in [-0.25, -0.2) is 0 Å². The summed E-state index contributed by atoms with van der Waals surface area (Å²) < 4.78 is 5.33. The van der Waals surface area contributed by atoms with E-state index in [0.717, 1.165) is 26.2 Å². The van der Waals surface area contributed by atoms with Crippen molar-refractivity contribution in [1.29, 1.82) is 0 Å². The summed E-state index contributed by atoms with van der Waals surface area (Å²) in [6.07, 6.45) is 7.89. The summed E-state index contributed by atoms with van der Waals surface area (Å²) in [5.74, 6) is 0.648. The topological polar surface area (TPSA) is 35.2 Å². The second-order valence-corrected chi connectivity index (χ2v) is 2.98. The van der Waals surface area contributed by atoms with Crippen LogP contribution in [-0.4, -0.2) is 19.8 Å². The fourth-order valence-corrected chi connectivity index (χ4v) is 1.30. The van der Waals surface area contributed by atoms with Crippen LogP contribution in [0.25, 0.3) is 0 Å². The van der Waals surface area contributed by atoms with Crippen LogP contribution in [0.3, 0.4) is 0 Å². The molecule has 0 aliphatic carbocycles. The van der Waals surface area contributed by atoms with Gasteiger partial charge in [-0.05, 0) is 25.8 Å². The molecule has 1 heterocycles. The van der Waals surface area contributed by atoms with Crippen molar-refractivity contribution in [2.24, 2.45) is 11.7 Å². The highest BCUT2D eigenvalue weighted by atomic mass is 16.5. The molecule has 1 unspecified atom stereocenters. The van der Waals surface area contributed by atoms with Gasteiger partial charge in [0.15, 0.2) is 0 Å². The van der Waals surface area contributed by atoms with Crippen LogP contribution in [0.2, 0.25) is 0 Å². The molecule has 0 aromatic carbocycles. The van der Waals surface area contributed by atoms with E-state index in [1.165, 1.54) is 12.8 Å². The molecular formula is C9H17NO. The number of hydrogen-bond acceptors (Lipinski definition) is 2. The second kappa shape index (κ2) is 5.33. The minimum Gasteiger partial charge on any atom is -0.381 e. The van der Waals surface area contributed by atoms with Gasteiger partial charge < -0.3 is 10.5 Å². The van der Waals surface area contributed by atoms with Crippen LogP contribution in [0, 0.1) is 5.92 Å². The first-order chi connectivity index (χ1) is 5.43. The molecule has 2 heteroatoms. The van der Waals surface area contributed by atoms with Gasteiger partial charge in [0, 0.05) is 12.5 Å². The highest BCUT2D eigenvalue weighted by molar-refractivity contribution is 4.89. The van der Waals surface area contributed by atoms with Crippen molar-refractivity contribution >= 4 is 0 Å². The maximum Gasteiger partial charge on any atom is 0.0528 e. The average molecular weight is 155 g/mol. The van der Waals surface area contributed by atoms with Gasteiger partial charge in [-0.1, -0.05) is 12.2 Å². The Kier molecular flexibility index (Phi) is 4.24. The van der Waals surface area contributed by atoms with Crippen LogP contribution in [0.15, 0.2) is 12.2 Å². The van der Waals surface area contributed by atoms with E-state index in [1.54, 1.807) is 0 Å². The molecule has 1 aliphatic heterocycles. The summed E-state index contributed by atoms with van der Waals surface area (Å²) in [5, 5.41) is 0. The van der Waals surface area contributed by atoms with E-state index in [0.29, 0.717) is 5.92 Å². The maximum absolute atomic E-state index is 5.36. The molecule has 2 nitrogen and oxygen atoms in total. The summed E-state index contributed by atoms with van der Waals surface area (Å²) in [5.41, 5.74) is 5.36. The van der Waals surface area contributed by atoms with Crippen molar-refractivity contribution < 1.29 is 4.74 Å². The predicted molar refractivity (Wildman–Crippen MR) is 46.4 cm³/mol. The third kappa shape index (κ3) is 3.54. The van der Waals surface area contributed by atoms with Crippen molar-refractivity contribution in [2.75, 3.05) is 19.8 Å². The van der Waals surface area contributed by atoms with Crippen LogP contribution in [0.5, 0.6) is 0 Å². The monoisotopic (exact) mass is 155 g/mol. The van der Waals surface area contributed by atoms with Gasteiger partial charge in [0.05, 0.1) is 6.61 Å². The van der Waals surface area contributed by atoms with E-state index in [2.05, 4.69) is 12.2 Å². The van der Waals surface area contributed by atoms with Crippen molar-refractivity contribution in [3.8, 4) is 0 Å². The summed E-state index contributed by atoms with van der Waals surface area (Å²) in [4.78, 5) is 0. The Morgan fingerprint density at radius 2 is 2.45 bits per heavy atom. The van der Waals surface area contributed by atoms with E-state index in [1.807, 2.05) is 0 Å². The number of ether oxygens (including phenoxy) is 1. The smallest absolute Gasteiger partial charge is 0.0528 e. The van der Waals surface area contributed by atoms with Crippen molar-refractivity contribution in [1.82, 2.24) is 0 Å². The summed E-state index contributed by atoms with van der Waals surface area (Å²) in [6.45, 7) is 2.60. The minimum absolute atomic E-state index is 0.648. The molecule has 11 heavy (non-hydrogen) atoms. The molecule has 0 radical (unpaired) electrons. The third-order valence-electron chi connectivity index (χ3n) is 1.94. The van der Waals surface area contributed by atoms with Crippen LogP contribution >= 0.6 is 0 Å². The molecule has 1 fully saturated rings. The Morgan fingerprint density at radius 1 is 1.55 bits per heavy atom. The van der Waals surface area contributed by atoms with Gasteiger partial charge in [0.25, 0.3) is 0 Å². The Hall–Kier alpha value is -0.340. The quantitative estimate of drug-likeness (QED) is 0.624. The second-order valence-electron chi connectivity index (χ2n) is 2.98. The molecule has 1 atom stereocenters. The fraction of sp³-hybridized carbons (Fsp3) is 0.778. The molecule has 1 rings (SSSR count). The van der Waals surface area contributed by atoms with Gasteiger partial charge in [0.2, 0.25) is 0 Å². The van der Waals surface area contributed by atoms with E-state index in [9.17, 15) is 0 Å². The number of nitrogens with two attached hydrogens (primary N) is 1. The van der Waals surface area contributed by atoms with Gasteiger partial charge >= 0.3 is 0 Å². The Morgan fingerprint density at radius 3 is 3.09 bits per heavy atom. The zero-order valence-electron chi connectivity index (χ0n) is 6.96. The normalized spacial score (nSPS) is 26.1. The lowest BCUT2D eigenvalue weighted by atomic mass is 10.0. The highest BCUT2D eigenvalue weighted by Gasteiger charge is 2.09. The van der Waals surface area contributed by atoms with Gasteiger partial charge in [-0.3, -0.25) is 0 Å². The standard InChI is InChI=1S/C9H17NO/c10-6-2-1-4-9-5-3-7-11-8-9/h1,4,9H,2-3,5-8,10H2/b4-1+. The summed E-state index contributed by atoms with van der Waals surface area (Å²) in [7, 11) is 0. The van der Waals surface area contributed by atoms with Crippen molar-refractivity contribution in [2.45, 2.75) is 19.3 Å². The number of rotatable bonds is 3. The molecule has 0 aromatic rings. The van der Waals surface area contributed by atoms with E-state index in [-0.39, 0.29) is 0 Å². The molecule has 1 aliphatic rings. The Bertz CT molecular complexity index is 117. The molecule has 1 saturated heterocycles. The van der Waals surface area contributed by atoms with E-state index >= 15 is 0 Å². The molecular weight excluding hydrogens is 138 g/mol. The Balaban J connectivity index is 2.13. The summed E-state index contributed by atoms with van der Waals surface area (Å²) in [6, 6.07) is 0. The lowest BCUT2D eigenvalue weighted by Gasteiger charge is -2.18. The molecule has 0 amide bonds. The molecule has 64 valence electrons. The van der Waals surface area contributed by atoms with Gasteiger partial charge in [0.1, 0.15) is 0 Å². The van der Waals surface area contributed by atoms with Crippen LogP contribution in [0.4, 0.5) is 0 Å². The SMILES string of the molecule is NCC/C=C/C1CCCOC1. The lowest BCUT2D eigenvalue weighted by Crippen LogP contribution is -2.15. The summed E-state index contributed by atoms with van der Waals surface area (Å²) >= 11 is 0. The average Bonchev–Trinajstić information content (AvgIpc) is 2.07. The van der Waals surface area contributed by atoms with Gasteiger partial charge in [-0.15, -0.1) is 0 Å². The molecule has 0 bridgehead atoms. The van der Waals surface area contributed by atoms with Crippen LogP contribution in [0.1, 0.15) is 19.3 Å². The number of hydrogen-bond donors (Lipinski definition) is 1. The zero-order chi connectivity index (χ0) is 7.94. The van der Waals surface area contributed by atoms with Crippen LogP contribution in [-0.2, 0) is 4.74 Å². The largest absolute Gasteiger partial charge is 0.381 e. The third-order valence-corrected chi connectivity index (χ3v) is 1.94. The maximum atomic E-state index is 5.36. The first-order valence-electron chi connectivity index (χ1n) is 4.38. The van der Waals surface area contributed by atoms with Crippen molar-refractivity contribution in [3.63, 3.8) is 0 Å². The van der Waals surface area contributed by atoms with Gasteiger partial charge in [-0.2, -0.15) is 0 Å². The minimum atomic E-state index is 0.648. The van der Waals surface area contributed by atoms with E-state index < -0.39 is 0 Å². The molecule has 0 aromatic heterocycles. The highest BCUT2D eigenvalue weighted by Crippen LogP contribution is 2.14. The first-order valence-corrected chi connectivity index (χ1v) is 4.38. The molecule has 0 spiro atoms. The lowest BCUT2D eigenvalue weighted by molar-refractivity contribution is 0.0709. The fourth-order valence-electron chi connectivity index (χ4n) is 1.30.